The first-order valence-corrected chi connectivity index (χ1v) is 9.79. The Hall–Kier alpha value is -3.35. The maximum Gasteiger partial charge on any atom is 0.231 e. The molecular weight excluding hydrogens is 370 g/mol. The number of carbonyl (C=O) groups is 1. The first kappa shape index (κ1) is 17.7. The molecule has 1 aliphatic heterocycles. The van der Waals surface area contributed by atoms with Gasteiger partial charge in [-0.3, -0.25) is 4.79 Å². The van der Waals surface area contributed by atoms with Gasteiger partial charge in [0.25, 0.3) is 0 Å². The molecule has 2 heterocycles. The Balaban J connectivity index is 1.12. The zero-order chi connectivity index (χ0) is 19.6. The number of amides is 1. The van der Waals surface area contributed by atoms with Crippen LogP contribution in [0.2, 0.25) is 0 Å². The van der Waals surface area contributed by atoms with Gasteiger partial charge in [-0.05, 0) is 41.7 Å². The van der Waals surface area contributed by atoms with Gasteiger partial charge < -0.3 is 19.2 Å². The fourth-order valence-electron chi connectivity index (χ4n) is 3.87. The lowest BCUT2D eigenvalue weighted by atomic mass is 10.1. The molecule has 0 fully saturated rings. The summed E-state index contributed by atoms with van der Waals surface area (Å²) in [7, 11) is 0. The van der Waals surface area contributed by atoms with Crippen LogP contribution in [0.15, 0.2) is 46.9 Å². The van der Waals surface area contributed by atoms with Gasteiger partial charge in [-0.1, -0.05) is 30.3 Å². The summed E-state index contributed by atoms with van der Waals surface area (Å²) in [4.78, 5) is 12.3. The van der Waals surface area contributed by atoms with E-state index in [9.17, 15) is 4.79 Å². The number of hydrogen-bond donors (Lipinski definition) is 1. The number of ether oxygens (including phenoxy) is 2. The lowest BCUT2D eigenvalue weighted by Crippen LogP contribution is -2.35. The summed E-state index contributed by atoms with van der Waals surface area (Å²) >= 11 is 0. The highest BCUT2D eigenvalue weighted by Gasteiger charge is 2.22. The van der Waals surface area contributed by atoms with Crippen molar-refractivity contribution in [3.05, 3.63) is 70.9 Å². The number of carbonyl (C=O) groups excluding carboxylic acids is 1. The second-order valence-electron chi connectivity index (χ2n) is 7.40. The molecule has 0 radical (unpaired) electrons. The number of rotatable bonds is 6. The summed E-state index contributed by atoms with van der Waals surface area (Å²) in [5.74, 6) is 2.48. The van der Waals surface area contributed by atoms with E-state index in [-0.39, 0.29) is 18.7 Å². The van der Waals surface area contributed by atoms with Crippen LogP contribution in [0, 0.1) is 0 Å². The molecule has 1 amide bonds. The van der Waals surface area contributed by atoms with E-state index < -0.39 is 0 Å². The minimum absolute atomic E-state index is 0.0123. The first-order valence-electron chi connectivity index (χ1n) is 9.79. The summed E-state index contributed by atoms with van der Waals surface area (Å²) in [6.45, 7) is 0.249. The predicted octanol–water partition coefficient (Wildman–Crippen LogP) is 2.61. The number of aromatic nitrogens is 2. The lowest BCUT2D eigenvalue weighted by molar-refractivity contribution is -0.121. The molecule has 1 aliphatic carbocycles. The summed E-state index contributed by atoms with van der Waals surface area (Å²) < 4.78 is 16.4. The van der Waals surface area contributed by atoms with Crippen LogP contribution < -0.4 is 14.8 Å². The second kappa shape index (κ2) is 7.58. The van der Waals surface area contributed by atoms with Crippen LogP contribution in [0.25, 0.3) is 0 Å². The summed E-state index contributed by atoms with van der Waals surface area (Å²) in [5, 5.41) is 11.3. The van der Waals surface area contributed by atoms with Crippen LogP contribution in [0.3, 0.4) is 0 Å². The number of aryl methyl sites for hydroxylation is 1. The Bertz CT molecular complexity index is 1020. The van der Waals surface area contributed by atoms with Gasteiger partial charge in [0.1, 0.15) is 0 Å². The predicted molar refractivity (Wildman–Crippen MR) is 104 cm³/mol. The van der Waals surface area contributed by atoms with Gasteiger partial charge in [0.05, 0.1) is 6.42 Å². The van der Waals surface area contributed by atoms with E-state index in [1.807, 2.05) is 30.3 Å². The van der Waals surface area contributed by atoms with E-state index in [0.29, 0.717) is 31.0 Å². The molecule has 1 aromatic heterocycles. The molecule has 29 heavy (non-hydrogen) atoms. The quantitative estimate of drug-likeness (QED) is 0.695. The topological polar surface area (TPSA) is 86.5 Å². The van der Waals surface area contributed by atoms with Crippen LogP contribution in [0.5, 0.6) is 11.5 Å². The minimum Gasteiger partial charge on any atom is -0.454 e. The highest BCUT2D eigenvalue weighted by Crippen LogP contribution is 2.33. The van der Waals surface area contributed by atoms with Crippen LogP contribution in [0.1, 0.15) is 34.9 Å². The average Bonchev–Trinajstić information content (AvgIpc) is 3.45. The molecule has 7 nitrogen and oxygen atoms in total. The number of hydrogen-bond acceptors (Lipinski definition) is 6. The monoisotopic (exact) mass is 391 g/mol. The Morgan fingerprint density at radius 2 is 1.76 bits per heavy atom. The third-order valence-electron chi connectivity index (χ3n) is 5.28. The van der Waals surface area contributed by atoms with E-state index in [1.54, 1.807) is 0 Å². The zero-order valence-corrected chi connectivity index (χ0v) is 15.9. The maximum absolute atomic E-state index is 12.3. The fourth-order valence-corrected chi connectivity index (χ4v) is 3.87. The Kier molecular flexibility index (Phi) is 4.63. The van der Waals surface area contributed by atoms with Crippen molar-refractivity contribution in [3.63, 3.8) is 0 Å². The molecule has 0 spiro atoms. The SMILES string of the molecule is O=C(CCc1nnc(Cc2ccc3c(c2)OCO3)o1)NC1Cc2ccccc2C1. The van der Waals surface area contributed by atoms with Crippen molar-refractivity contribution in [2.24, 2.45) is 0 Å². The smallest absolute Gasteiger partial charge is 0.231 e. The third kappa shape index (κ3) is 3.94. The molecule has 0 saturated heterocycles. The summed E-state index contributed by atoms with van der Waals surface area (Å²) in [6, 6.07) is 14.2. The largest absolute Gasteiger partial charge is 0.454 e. The normalized spacial score (nSPS) is 14.8. The van der Waals surface area contributed by atoms with Gasteiger partial charge >= 0.3 is 0 Å². The number of nitrogens with zero attached hydrogens (tertiary/aromatic N) is 2. The maximum atomic E-state index is 12.3. The van der Waals surface area contributed by atoms with Crippen molar-refractivity contribution in [3.8, 4) is 11.5 Å². The molecule has 2 aliphatic rings. The van der Waals surface area contributed by atoms with Crippen molar-refractivity contribution in [1.82, 2.24) is 15.5 Å². The van der Waals surface area contributed by atoms with Crippen LogP contribution in [-0.2, 0) is 30.5 Å². The Morgan fingerprint density at radius 1 is 1.00 bits per heavy atom. The van der Waals surface area contributed by atoms with Gasteiger partial charge in [-0.25, -0.2) is 0 Å². The average molecular weight is 391 g/mol. The number of benzene rings is 2. The van der Waals surface area contributed by atoms with Gasteiger partial charge in [0.2, 0.25) is 24.5 Å². The van der Waals surface area contributed by atoms with Crippen molar-refractivity contribution >= 4 is 5.91 Å². The summed E-state index contributed by atoms with van der Waals surface area (Å²) in [5.41, 5.74) is 3.65. The number of nitrogens with one attached hydrogen (secondary N) is 1. The lowest BCUT2D eigenvalue weighted by Gasteiger charge is -2.11. The standard InChI is InChI=1S/C22H21N3O4/c26-20(23-17-11-15-3-1-2-4-16(15)12-17)7-8-21-24-25-22(29-21)10-14-5-6-18-19(9-14)28-13-27-18/h1-6,9,17H,7-8,10-13H2,(H,23,26). The molecule has 1 N–H and O–H groups in total. The third-order valence-corrected chi connectivity index (χ3v) is 5.28. The fraction of sp³-hybridized carbons (Fsp3) is 0.318. The van der Waals surface area contributed by atoms with Crippen molar-refractivity contribution in [2.45, 2.75) is 38.1 Å². The minimum atomic E-state index is 0.0123. The molecule has 2 aromatic carbocycles. The van der Waals surface area contributed by atoms with Crippen molar-refractivity contribution in [1.29, 1.82) is 0 Å². The zero-order valence-electron chi connectivity index (χ0n) is 15.9. The van der Waals surface area contributed by atoms with E-state index in [4.69, 9.17) is 13.9 Å². The van der Waals surface area contributed by atoms with E-state index in [0.717, 1.165) is 29.9 Å². The molecule has 3 aromatic rings. The molecular formula is C22H21N3O4. The second-order valence-corrected chi connectivity index (χ2v) is 7.40. The Morgan fingerprint density at radius 3 is 2.59 bits per heavy atom. The number of fused-ring (bicyclic) bond motifs is 2. The van der Waals surface area contributed by atoms with E-state index >= 15 is 0 Å². The summed E-state index contributed by atoms with van der Waals surface area (Å²) in [6.07, 6.45) is 3.05. The molecule has 0 atom stereocenters. The van der Waals surface area contributed by atoms with Crippen molar-refractivity contribution in [2.75, 3.05) is 6.79 Å². The van der Waals surface area contributed by atoms with Crippen molar-refractivity contribution < 1.29 is 18.7 Å². The molecule has 148 valence electrons. The van der Waals surface area contributed by atoms with Gasteiger partial charge in [0, 0.05) is 18.9 Å². The van der Waals surface area contributed by atoms with Crippen LogP contribution in [0.4, 0.5) is 0 Å². The van der Waals surface area contributed by atoms with Gasteiger partial charge in [-0.15, -0.1) is 10.2 Å². The Labute approximate surface area is 168 Å². The first-order chi connectivity index (χ1) is 14.2. The van der Waals surface area contributed by atoms with Gasteiger partial charge in [-0.2, -0.15) is 0 Å². The highest BCUT2D eigenvalue weighted by molar-refractivity contribution is 5.76. The molecule has 0 bridgehead atoms. The van der Waals surface area contributed by atoms with Crippen LogP contribution in [-0.4, -0.2) is 28.9 Å². The van der Waals surface area contributed by atoms with E-state index in [1.165, 1.54) is 11.1 Å². The van der Waals surface area contributed by atoms with E-state index in [2.05, 4.69) is 27.6 Å². The van der Waals surface area contributed by atoms with Crippen LogP contribution >= 0.6 is 0 Å². The highest BCUT2D eigenvalue weighted by atomic mass is 16.7. The molecule has 0 saturated carbocycles. The molecule has 5 rings (SSSR count). The molecule has 7 heteroatoms. The molecule has 0 unspecified atom stereocenters. The van der Waals surface area contributed by atoms with Gasteiger partial charge in [0.15, 0.2) is 11.5 Å².